The van der Waals surface area contributed by atoms with Crippen LogP contribution in [0.3, 0.4) is 0 Å². The molecule has 0 atom stereocenters. The molecule has 2 rings (SSSR count). The van der Waals surface area contributed by atoms with E-state index in [4.69, 9.17) is 5.73 Å². The Bertz CT molecular complexity index is 550. The van der Waals surface area contributed by atoms with Crippen molar-refractivity contribution >= 4 is 42.3 Å². The maximum atomic E-state index is 5.79. The molecular weight excluding hydrogens is 250 g/mol. The summed E-state index contributed by atoms with van der Waals surface area (Å²) in [6.45, 7) is 0. The van der Waals surface area contributed by atoms with Gasteiger partial charge in [-0.25, -0.2) is 0 Å². The molecule has 0 aliphatic carbocycles. The van der Waals surface area contributed by atoms with Gasteiger partial charge in [0, 0.05) is 9.79 Å². The van der Waals surface area contributed by atoms with Gasteiger partial charge in [-0.2, -0.15) is 5.11 Å². The minimum absolute atomic E-state index is 0.562. The maximum absolute atomic E-state index is 5.79. The monoisotopic (exact) mass is 261 g/mol. The van der Waals surface area contributed by atoms with Gasteiger partial charge in [-0.3, -0.25) is 0 Å². The molecule has 0 aliphatic rings. The predicted molar refractivity (Wildman–Crippen MR) is 76.0 cm³/mol. The summed E-state index contributed by atoms with van der Waals surface area (Å²) in [5, 5.41) is 8.18. The summed E-state index contributed by atoms with van der Waals surface area (Å²) in [5.41, 5.74) is 7.75. The molecule has 2 aromatic carbocycles. The summed E-state index contributed by atoms with van der Waals surface area (Å²) in [5.74, 6) is 0. The number of nitrogen functional groups attached to an aromatic ring is 1. The molecule has 0 amide bonds. The van der Waals surface area contributed by atoms with Crippen LogP contribution in [0.4, 0.5) is 17.1 Å². The van der Waals surface area contributed by atoms with Crippen LogP contribution >= 0.6 is 25.3 Å². The Labute approximate surface area is 111 Å². The second-order valence-corrected chi connectivity index (χ2v) is 4.49. The summed E-state index contributed by atoms with van der Waals surface area (Å²) in [7, 11) is 0. The Balaban J connectivity index is 2.23. The lowest BCUT2D eigenvalue weighted by molar-refractivity contribution is 1.22. The Morgan fingerprint density at radius 2 is 1.47 bits per heavy atom. The minimum atomic E-state index is 0.562. The molecule has 5 heteroatoms. The van der Waals surface area contributed by atoms with Crippen LogP contribution < -0.4 is 5.73 Å². The fourth-order valence-corrected chi connectivity index (χ4v) is 1.63. The third-order valence-corrected chi connectivity index (χ3v) is 2.71. The zero-order chi connectivity index (χ0) is 12.3. The average Bonchev–Trinajstić information content (AvgIpc) is 2.30. The van der Waals surface area contributed by atoms with Crippen molar-refractivity contribution in [1.29, 1.82) is 0 Å². The van der Waals surface area contributed by atoms with E-state index in [1.54, 1.807) is 12.1 Å². The average molecular weight is 261 g/mol. The van der Waals surface area contributed by atoms with Gasteiger partial charge in [-0.1, -0.05) is 0 Å². The van der Waals surface area contributed by atoms with Crippen LogP contribution in [-0.4, -0.2) is 0 Å². The largest absolute Gasteiger partial charge is 0.397 e. The highest BCUT2D eigenvalue weighted by Gasteiger charge is 1.97. The zero-order valence-corrected chi connectivity index (χ0v) is 10.7. The quantitative estimate of drug-likeness (QED) is 0.422. The van der Waals surface area contributed by atoms with Crippen molar-refractivity contribution < 1.29 is 0 Å². The Morgan fingerprint density at radius 1 is 0.824 bits per heavy atom. The van der Waals surface area contributed by atoms with Crippen molar-refractivity contribution in [1.82, 2.24) is 0 Å². The molecule has 0 aromatic heterocycles. The van der Waals surface area contributed by atoms with E-state index in [1.807, 2.05) is 30.3 Å². The lowest BCUT2D eigenvalue weighted by Gasteiger charge is -1.99. The molecule has 0 spiro atoms. The number of nitrogens with two attached hydrogens (primary N) is 1. The van der Waals surface area contributed by atoms with Crippen molar-refractivity contribution in [3.63, 3.8) is 0 Å². The molecule has 0 saturated heterocycles. The first-order valence-corrected chi connectivity index (χ1v) is 5.84. The number of benzene rings is 2. The van der Waals surface area contributed by atoms with Crippen LogP contribution in [-0.2, 0) is 0 Å². The molecule has 3 nitrogen and oxygen atoms in total. The number of anilines is 1. The standard InChI is InChI=1S/C12H11N3S2/c13-11-7-10(17)5-6-12(11)15-14-8-1-3-9(16)4-2-8/h1-7,16-17H,13H2. The van der Waals surface area contributed by atoms with Crippen molar-refractivity contribution in [3.05, 3.63) is 42.5 Å². The molecule has 0 fully saturated rings. The number of nitrogens with zero attached hydrogens (tertiary/aromatic N) is 2. The third kappa shape index (κ3) is 3.25. The van der Waals surface area contributed by atoms with Crippen LogP contribution in [0.2, 0.25) is 0 Å². The van der Waals surface area contributed by atoms with Gasteiger partial charge in [0.05, 0.1) is 11.4 Å². The molecule has 0 bridgehead atoms. The number of azo groups is 1. The number of rotatable bonds is 2. The zero-order valence-electron chi connectivity index (χ0n) is 8.91. The van der Waals surface area contributed by atoms with Crippen LogP contribution in [0.15, 0.2) is 62.5 Å². The lowest BCUT2D eigenvalue weighted by atomic mass is 10.3. The third-order valence-electron chi connectivity index (χ3n) is 2.13. The summed E-state index contributed by atoms with van der Waals surface area (Å²) < 4.78 is 0. The van der Waals surface area contributed by atoms with E-state index in [2.05, 4.69) is 35.5 Å². The minimum Gasteiger partial charge on any atom is -0.397 e. The molecule has 0 radical (unpaired) electrons. The van der Waals surface area contributed by atoms with Crippen LogP contribution in [0, 0.1) is 0 Å². The Kier molecular flexibility index (Phi) is 3.71. The molecule has 2 N–H and O–H groups in total. The molecule has 0 saturated carbocycles. The first-order chi connectivity index (χ1) is 8.15. The van der Waals surface area contributed by atoms with Crippen LogP contribution in [0.25, 0.3) is 0 Å². The van der Waals surface area contributed by atoms with Gasteiger partial charge in [0.15, 0.2) is 0 Å². The van der Waals surface area contributed by atoms with Gasteiger partial charge in [0.2, 0.25) is 0 Å². The van der Waals surface area contributed by atoms with E-state index in [0.717, 1.165) is 15.5 Å². The van der Waals surface area contributed by atoms with Gasteiger partial charge in [-0.05, 0) is 42.5 Å². The van der Waals surface area contributed by atoms with Crippen LogP contribution in [0.5, 0.6) is 0 Å². The molecule has 2 aromatic rings. The highest BCUT2D eigenvalue weighted by atomic mass is 32.1. The van der Waals surface area contributed by atoms with Gasteiger partial charge >= 0.3 is 0 Å². The number of thiol groups is 2. The molecule has 86 valence electrons. The Morgan fingerprint density at radius 3 is 2.12 bits per heavy atom. The van der Waals surface area contributed by atoms with E-state index < -0.39 is 0 Å². The lowest BCUT2D eigenvalue weighted by Crippen LogP contribution is -1.84. The van der Waals surface area contributed by atoms with Gasteiger partial charge in [0.25, 0.3) is 0 Å². The summed E-state index contributed by atoms with van der Waals surface area (Å²) in [6.07, 6.45) is 0. The molecule has 0 aliphatic heterocycles. The Hall–Kier alpha value is -1.46. The molecule has 17 heavy (non-hydrogen) atoms. The molecule has 0 heterocycles. The fraction of sp³-hybridized carbons (Fsp3) is 0. The van der Waals surface area contributed by atoms with Crippen molar-refractivity contribution in [3.8, 4) is 0 Å². The van der Waals surface area contributed by atoms with Crippen molar-refractivity contribution in [2.75, 3.05) is 5.73 Å². The number of hydrogen-bond donors (Lipinski definition) is 3. The smallest absolute Gasteiger partial charge is 0.109 e. The predicted octanol–water partition coefficient (Wildman–Crippen LogP) is 4.26. The highest BCUT2D eigenvalue weighted by Crippen LogP contribution is 2.26. The molecular formula is C12H11N3S2. The van der Waals surface area contributed by atoms with Crippen molar-refractivity contribution in [2.45, 2.75) is 9.79 Å². The second-order valence-electron chi connectivity index (χ2n) is 3.46. The summed E-state index contributed by atoms with van der Waals surface area (Å²) >= 11 is 8.39. The summed E-state index contributed by atoms with van der Waals surface area (Å²) in [6, 6.07) is 12.8. The van der Waals surface area contributed by atoms with E-state index in [1.165, 1.54) is 0 Å². The van der Waals surface area contributed by atoms with Crippen LogP contribution in [0.1, 0.15) is 0 Å². The number of hydrogen-bond acceptors (Lipinski definition) is 5. The van der Waals surface area contributed by atoms with Crippen molar-refractivity contribution in [2.24, 2.45) is 10.2 Å². The topological polar surface area (TPSA) is 50.7 Å². The summed E-state index contributed by atoms with van der Waals surface area (Å²) in [4.78, 5) is 1.70. The highest BCUT2D eigenvalue weighted by molar-refractivity contribution is 7.80. The first-order valence-electron chi connectivity index (χ1n) is 4.94. The van der Waals surface area contributed by atoms with E-state index in [9.17, 15) is 0 Å². The van der Waals surface area contributed by atoms with E-state index in [0.29, 0.717) is 11.4 Å². The maximum Gasteiger partial charge on any atom is 0.109 e. The SMILES string of the molecule is Nc1cc(S)ccc1N=Nc1ccc(S)cc1. The van der Waals surface area contributed by atoms with Gasteiger partial charge in [-0.15, -0.1) is 30.4 Å². The normalized spacial score (nSPS) is 10.9. The second kappa shape index (κ2) is 5.25. The first kappa shape index (κ1) is 12.0. The van der Waals surface area contributed by atoms with Gasteiger partial charge < -0.3 is 5.73 Å². The molecule has 0 unspecified atom stereocenters. The van der Waals surface area contributed by atoms with Gasteiger partial charge in [0.1, 0.15) is 5.69 Å². The van der Waals surface area contributed by atoms with E-state index in [-0.39, 0.29) is 0 Å². The fourth-order valence-electron chi connectivity index (χ4n) is 1.26. The van der Waals surface area contributed by atoms with E-state index >= 15 is 0 Å².